The third-order valence-corrected chi connectivity index (χ3v) is 8.66. The number of benzene rings is 2. The monoisotopic (exact) mass is 581 g/mol. The zero-order valence-electron chi connectivity index (χ0n) is 22.3. The van der Waals surface area contributed by atoms with Crippen LogP contribution >= 0.6 is 23.2 Å². The van der Waals surface area contributed by atoms with E-state index in [1.807, 2.05) is 31.2 Å². The lowest BCUT2D eigenvalue weighted by molar-refractivity contribution is -0.141. The summed E-state index contributed by atoms with van der Waals surface area (Å²) >= 11 is 12.3. The van der Waals surface area contributed by atoms with Crippen LogP contribution in [0.3, 0.4) is 0 Å². The summed E-state index contributed by atoms with van der Waals surface area (Å²) in [6.45, 7) is 4.07. The number of carbonyl (C=O) groups excluding carboxylic acids is 2. The Balaban J connectivity index is 1.73. The maximum atomic E-state index is 13.5. The van der Waals surface area contributed by atoms with E-state index in [0.717, 1.165) is 47.4 Å². The van der Waals surface area contributed by atoms with Crippen molar-refractivity contribution in [3.8, 4) is 0 Å². The number of nitrogens with one attached hydrogen (secondary N) is 1. The molecule has 38 heavy (non-hydrogen) atoms. The van der Waals surface area contributed by atoms with E-state index in [2.05, 4.69) is 5.32 Å². The molecule has 1 aliphatic carbocycles. The minimum atomic E-state index is -3.67. The zero-order chi connectivity index (χ0) is 27.9. The fraction of sp³-hybridized carbons (Fsp3) is 0.500. The topological polar surface area (TPSA) is 86.8 Å². The maximum Gasteiger partial charge on any atom is 0.242 e. The molecular formula is C28H37Cl2N3O4S. The number of hydrogen-bond donors (Lipinski definition) is 1. The van der Waals surface area contributed by atoms with Gasteiger partial charge in [-0.05, 0) is 56.9 Å². The number of aryl methyl sites for hydroxylation is 1. The Morgan fingerprint density at radius 2 is 1.71 bits per heavy atom. The van der Waals surface area contributed by atoms with Gasteiger partial charge in [0.15, 0.2) is 0 Å². The molecule has 0 aliphatic heterocycles. The number of hydrogen-bond acceptors (Lipinski definition) is 4. The van der Waals surface area contributed by atoms with Crippen LogP contribution in [-0.2, 0) is 26.2 Å². The van der Waals surface area contributed by atoms with Crippen molar-refractivity contribution < 1.29 is 18.0 Å². The Labute approximate surface area is 236 Å². The highest BCUT2D eigenvalue weighted by molar-refractivity contribution is 7.92. The highest BCUT2D eigenvalue weighted by atomic mass is 35.5. The van der Waals surface area contributed by atoms with Gasteiger partial charge in [-0.3, -0.25) is 13.9 Å². The molecule has 208 valence electrons. The molecule has 1 fully saturated rings. The average Bonchev–Trinajstić information content (AvgIpc) is 2.87. The molecule has 0 aromatic heterocycles. The van der Waals surface area contributed by atoms with Crippen LogP contribution in [0.15, 0.2) is 42.5 Å². The summed E-state index contributed by atoms with van der Waals surface area (Å²) in [6, 6.07) is 11.9. The average molecular weight is 583 g/mol. The summed E-state index contributed by atoms with van der Waals surface area (Å²) in [5, 5.41) is 3.74. The molecule has 0 radical (unpaired) electrons. The minimum Gasteiger partial charge on any atom is -0.352 e. The van der Waals surface area contributed by atoms with Gasteiger partial charge in [-0.25, -0.2) is 8.42 Å². The van der Waals surface area contributed by atoms with Crippen LogP contribution in [0.2, 0.25) is 10.0 Å². The molecule has 1 saturated carbocycles. The second-order valence-electron chi connectivity index (χ2n) is 10.1. The van der Waals surface area contributed by atoms with E-state index in [1.54, 1.807) is 24.0 Å². The SMILES string of the molecule is Cc1ccc(CN(C(=O)CCCN(c2cc(Cl)ccc2Cl)S(C)(=O)=O)[C@H](C)C(=O)NC2CCCCC2)cc1. The minimum absolute atomic E-state index is 0.0473. The number of nitrogens with zero attached hydrogens (tertiary/aromatic N) is 2. The molecule has 2 amide bonds. The van der Waals surface area contributed by atoms with Crippen molar-refractivity contribution in [3.05, 3.63) is 63.6 Å². The first-order valence-electron chi connectivity index (χ1n) is 13.0. The van der Waals surface area contributed by atoms with Crippen molar-refractivity contribution in [1.82, 2.24) is 10.2 Å². The molecule has 0 spiro atoms. The van der Waals surface area contributed by atoms with Gasteiger partial charge in [-0.15, -0.1) is 0 Å². The first-order chi connectivity index (χ1) is 18.0. The van der Waals surface area contributed by atoms with Gasteiger partial charge in [0.2, 0.25) is 21.8 Å². The van der Waals surface area contributed by atoms with Crippen molar-refractivity contribution in [1.29, 1.82) is 0 Å². The molecule has 0 bridgehead atoms. The van der Waals surface area contributed by atoms with E-state index in [9.17, 15) is 18.0 Å². The van der Waals surface area contributed by atoms with Gasteiger partial charge in [0.1, 0.15) is 6.04 Å². The normalized spacial score (nSPS) is 15.1. The Hall–Kier alpha value is -2.29. The van der Waals surface area contributed by atoms with E-state index in [4.69, 9.17) is 23.2 Å². The predicted molar refractivity (Wildman–Crippen MR) is 154 cm³/mol. The lowest BCUT2D eigenvalue weighted by atomic mass is 9.95. The quantitative estimate of drug-likeness (QED) is 0.368. The van der Waals surface area contributed by atoms with Crippen molar-refractivity contribution in [2.45, 2.75) is 77.4 Å². The van der Waals surface area contributed by atoms with Gasteiger partial charge in [0.05, 0.1) is 17.0 Å². The highest BCUT2D eigenvalue weighted by Crippen LogP contribution is 2.31. The standard InChI is InChI=1S/C28H37Cl2N3O4S/c1-20-11-13-22(14-12-20)19-32(21(2)28(35)31-24-8-5-4-6-9-24)27(34)10-7-17-33(38(3,36)37)26-18-23(29)15-16-25(26)30/h11-16,18,21,24H,4-10,17,19H2,1-3H3,(H,31,35)/t21-/m1/s1. The van der Waals surface area contributed by atoms with Crippen LogP contribution in [0.5, 0.6) is 0 Å². The van der Waals surface area contributed by atoms with Gasteiger partial charge >= 0.3 is 0 Å². The first-order valence-corrected chi connectivity index (χ1v) is 15.6. The number of sulfonamides is 1. The predicted octanol–water partition coefficient (Wildman–Crippen LogP) is 5.71. The van der Waals surface area contributed by atoms with Gasteiger partial charge in [-0.1, -0.05) is 72.3 Å². The summed E-state index contributed by atoms with van der Waals surface area (Å²) in [6.07, 6.45) is 6.69. The molecule has 2 aromatic rings. The van der Waals surface area contributed by atoms with Crippen LogP contribution in [0.1, 0.15) is 63.0 Å². The second-order valence-corrected chi connectivity index (χ2v) is 12.8. The van der Waals surface area contributed by atoms with Crippen LogP contribution in [-0.4, -0.2) is 50.0 Å². The molecule has 0 unspecified atom stereocenters. The summed E-state index contributed by atoms with van der Waals surface area (Å²) in [5.41, 5.74) is 2.30. The largest absolute Gasteiger partial charge is 0.352 e. The molecule has 0 saturated heterocycles. The van der Waals surface area contributed by atoms with E-state index >= 15 is 0 Å². The number of halogens is 2. The van der Waals surface area contributed by atoms with E-state index < -0.39 is 16.1 Å². The van der Waals surface area contributed by atoms with E-state index in [1.165, 1.54) is 12.5 Å². The number of rotatable bonds is 11. The molecule has 1 N–H and O–H groups in total. The van der Waals surface area contributed by atoms with E-state index in [-0.39, 0.29) is 54.5 Å². The summed E-state index contributed by atoms with van der Waals surface area (Å²) in [7, 11) is -3.67. The van der Waals surface area contributed by atoms with E-state index in [0.29, 0.717) is 5.02 Å². The molecule has 10 heteroatoms. The first kappa shape index (κ1) is 30.3. The lowest BCUT2D eigenvalue weighted by Gasteiger charge is -2.31. The smallest absolute Gasteiger partial charge is 0.242 e. The molecule has 0 heterocycles. The van der Waals surface area contributed by atoms with Crippen molar-refractivity contribution in [2.75, 3.05) is 17.1 Å². The molecule has 2 aromatic carbocycles. The lowest BCUT2D eigenvalue weighted by Crippen LogP contribution is -2.50. The number of amides is 2. The third kappa shape index (κ3) is 8.61. The highest BCUT2D eigenvalue weighted by Gasteiger charge is 2.28. The van der Waals surface area contributed by atoms with Crippen molar-refractivity contribution in [2.24, 2.45) is 0 Å². The number of carbonyl (C=O) groups is 2. The summed E-state index contributed by atoms with van der Waals surface area (Å²) < 4.78 is 26.2. The van der Waals surface area contributed by atoms with Gasteiger partial charge in [0.25, 0.3) is 0 Å². The van der Waals surface area contributed by atoms with Crippen LogP contribution in [0.25, 0.3) is 0 Å². The Morgan fingerprint density at radius 1 is 1.05 bits per heavy atom. The fourth-order valence-electron chi connectivity index (χ4n) is 4.70. The van der Waals surface area contributed by atoms with Crippen LogP contribution in [0.4, 0.5) is 5.69 Å². The molecule has 1 atom stereocenters. The zero-order valence-corrected chi connectivity index (χ0v) is 24.6. The molecule has 3 rings (SSSR count). The Morgan fingerprint density at radius 3 is 2.34 bits per heavy atom. The van der Waals surface area contributed by atoms with Gasteiger partial charge in [-0.2, -0.15) is 0 Å². The Bertz CT molecular complexity index is 1220. The summed E-state index contributed by atoms with van der Waals surface area (Å²) in [5.74, 6) is -0.386. The third-order valence-electron chi connectivity index (χ3n) is 6.92. The van der Waals surface area contributed by atoms with Gasteiger partial charge < -0.3 is 10.2 Å². The van der Waals surface area contributed by atoms with Gasteiger partial charge in [0, 0.05) is 30.6 Å². The fourth-order valence-corrected chi connectivity index (χ4v) is 6.11. The summed E-state index contributed by atoms with van der Waals surface area (Å²) in [4.78, 5) is 28.2. The molecular weight excluding hydrogens is 545 g/mol. The van der Waals surface area contributed by atoms with Crippen molar-refractivity contribution >= 4 is 50.7 Å². The Kier molecular flexibility index (Phi) is 10.9. The van der Waals surface area contributed by atoms with Crippen LogP contribution in [0, 0.1) is 6.92 Å². The van der Waals surface area contributed by atoms with Crippen LogP contribution < -0.4 is 9.62 Å². The second kappa shape index (κ2) is 13.7. The molecule has 7 nitrogen and oxygen atoms in total. The molecule has 1 aliphatic rings. The maximum absolute atomic E-state index is 13.5. The number of anilines is 1. The van der Waals surface area contributed by atoms with Crippen molar-refractivity contribution in [3.63, 3.8) is 0 Å².